The average Bonchev–Trinajstić information content (AvgIpc) is 2.88. The molecule has 1 aromatic heterocycles. The van der Waals surface area contributed by atoms with Gasteiger partial charge in [-0.15, -0.1) is 11.3 Å². The van der Waals surface area contributed by atoms with Crippen LogP contribution in [-0.2, 0) is 4.79 Å². The second-order valence-electron chi connectivity index (χ2n) is 6.41. The van der Waals surface area contributed by atoms with Crippen LogP contribution in [0.1, 0.15) is 35.4 Å². The van der Waals surface area contributed by atoms with Crippen molar-refractivity contribution in [2.75, 3.05) is 10.6 Å². The van der Waals surface area contributed by atoms with Gasteiger partial charge in [0.1, 0.15) is 0 Å². The minimum absolute atomic E-state index is 0.0414. The lowest BCUT2D eigenvalue weighted by molar-refractivity contribution is -0.116. The lowest BCUT2D eigenvalue weighted by Crippen LogP contribution is -2.29. The van der Waals surface area contributed by atoms with Gasteiger partial charge in [-0.2, -0.15) is 0 Å². The Morgan fingerprint density at radius 2 is 1.87 bits per heavy atom. The molecule has 2 aliphatic rings. The number of benzene rings is 1. The van der Waals surface area contributed by atoms with Crippen molar-refractivity contribution in [2.24, 2.45) is 0 Å². The fourth-order valence-corrected chi connectivity index (χ4v) is 4.59. The van der Waals surface area contributed by atoms with Gasteiger partial charge >= 0.3 is 0 Å². The molecule has 4 rings (SSSR count). The zero-order valence-electron chi connectivity index (χ0n) is 13.3. The summed E-state index contributed by atoms with van der Waals surface area (Å²) in [6, 6.07) is 12.5. The Hall–Kier alpha value is -2.07. The summed E-state index contributed by atoms with van der Waals surface area (Å²) >= 11 is 1.81. The predicted octanol–water partition coefficient (Wildman–Crippen LogP) is 4.68. The molecule has 0 radical (unpaired) electrons. The van der Waals surface area contributed by atoms with Crippen molar-refractivity contribution in [3.05, 3.63) is 57.4 Å². The third-order valence-electron chi connectivity index (χ3n) is 4.69. The normalized spacial score (nSPS) is 23.5. The Labute approximate surface area is 140 Å². The molecule has 2 unspecified atom stereocenters. The number of fused-ring (bicyclic) bond motifs is 1. The smallest absolute Gasteiger partial charge is 0.163 e. The highest BCUT2D eigenvalue weighted by molar-refractivity contribution is 7.12. The summed E-state index contributed by atoms with van der Waals surface area (Å²) in [6.07, 6.45) is 1.52. The van der Waals surface area contributed by atoms with Gasteiger partial charge in [0.15, 0.2) is 5.78 Å². The fraction of sp³-hybridized carbons (Fsp3) is 0.316. The lowest BCUT2D eigenvalue weighted by Gasteiger charge is -2.27. The number of carbonyl (C=O) groups is 1. The van der Waals surface area contributed by atoms with E-state index < -0.39 is 0 Å². The number of allylic oxidation sites excluding steroid dienone is 1. The lowest BCUT2D eigenvalue weighted by atomic mass is 9.83. The van der Waals surface area contributed by atoms with Gasteiger partial charge in [0.25, 0.3) is 0 Å². The van der Waals surface area contributed by atoms with Gasteiger partial charge in [-0.25, -0.2) is 0 Å². The number of rotatable bonds is 1. The molecule has 0 spiro atoms. The summed E-state index contributed by atoms with van der Waals surface area (Å²) in [5.41, 5.74) is 4.12. The van der Waals surface area contributed by atoms with E-state index in [4.69, 9.17) is 0 Å². The largest absolute Gasteiger partial charge is 0.377 e. The van der Waals surface area contributed by atoms with Crippen LogP contribution in [0.5, 0.6) is 0 Å². The molecule has 2 aromatic rings. The van der Waals surface area contributed by atoms with Crippen molar-refractivity contribution in [1.29, 1.82) is 0 Å². The number of thiophene rings is 1. The Balaban J connectivity index is 1.72. The van der Waals surface area contributed by atoms with Gasteiger partial charge in [-0.05, 0) is 44.5 Å². The Bertz CT molecular complexity index is 805. The number of aryl methyl sites for hydroxylation is 1. The van der Waals surface area contributed by atoms with Crippen LogP contribution >= 0.6 is 11.3 Å². The SMILES string of the molecule is Cc1ccc(C2CC(=O)C3=C(C2)Nc2ccccc2NC3C)s1. The van der Waals surface area contributed by atoms with E-state index >= 15 is 0 Å². The molecular weight excluding hydrogens is 304 g/mol. The Morgan fingerprint density at radius 1 is 1.09 bits per heavy atom. The molecule has 1 aliphatic carbocycles. The molecule has 2 heterocycles. The summed E-state index contributed by atoms with van der Waals surface area (Å²) in [4.78, 5) is 15.4. The van der Waals surface area contributed by atoms with Gasteiger partial charge in [0.2, 0.25) is 0 Å². The Morgan fingerprint density at radius 3 is 2.61 bits per heavy atom. The molecule has 4 heteroatoms. The van der Waals surface area contributed by atoms with Crippen LogP contribution in [-0.4, -0.2) is 11.8 Å². The maximum absolute atomic E-state index is 12.8. The van der Waals surface area contributed by atoms with Crippen LogP contribution in [0.3, 0.4) is 0 Å². The third kappa shape index (κ3) is 2.57. The summed E-state index contributed by atoms with van der Waals surface area (Å²) in [5, 5.41) is 7.00. The van der Waals surface area contributed by atoms with E-state index in [-0.39, 0.29) is 11.8 Å². The number of para-hydroxylation sites is 2. The minimum Gasteiger partial charge on any atom is -0.377 e. The van der Waals surface area contributed by atoms with E-state index in [0.717, 1.165) is 29.1 Å². The molecule has 2 N–H and O–H groups in total. The highest BCUT2D eigenvalue weighted by Gasteiger charge is 2.33. The topological polar surface area (TPSA) is 41.1 Å². The van der Waals surface area contributed by atoms with E-state index in [1.807, 2.05) is 23.5 Å². The van der Waals surface area contributed by atoms with Gasteiger partial charge in [-0.1, -0.05) is 12.1 Å². The molecule has 1 aliphatic heterocycles. The predicted molar refractivity (Wildman–Crippen MR) is 96.2 cm³/mol. The summed E-state index contributed by atoms with van der Waals surface area (Å²) < 4.78 is 0. The molecule has 3 nitrogen and oxygen atoms in total. The van der Waals surface area contributed by atoms with E-state index in [0.29, 0.717) is 12.3 Å². The zero-order chi connectivity index (χ0) is 16.0. The molecule has 0 saturated carbocycles. The number of carbonyl (C=O) groups excluding carboxylic acids is 1. The fourth-order valence-electron chi connectivity index (χ4n) is 3.61. The first-order chi connectivity index (χ1) is 11.1. The summed E-state index contributed by atoms with van der Waals surface area (Å²) in [5.74, 6) is 0.563. The average molecular weight is 324 g/mol. The molecule has 23 heavy (non-hydrogen) atoms. The van der Waals surface area contributed by atoms with Crippen molar-refractivity contribution < 1.29 is 4.79 Å². The van der Waals surface area contributed by atoms with Crippen molar-refractivity contribution in [3.63, 3.8) is 0 Å². The quantitative estimate of drug-likeness (QED) is 0.800. The molecule has 1 aromatic carbocycles. The minimum atomic E-state index is 0.0414. The van der Waals surface area contributed by atoms with Crippen LogP contribution < -0.4 is 10.6 Å². The van der Waals surface area contributed by atoms with Gasteiger partial charge in [-0.3, -0.25) is 4.79 Å². The first kappa shape index (κ1) is 14.5. The van der Waals surface area contributed by atoms with Gasteiger partial charge in [0, 0.05) is 33.4 Å². The van der Waals surface area contributed by atoms with Crippen molar-refractivity contribution in [2.45, 2.75) is 38.6 Å². The zero-order valence-corrected chi connectivity index (χ0v) is 14.2. The summed E-state index contributed by atoms with van der Waals surface area (Å²) in [6.45, 7) is 4.20. The molecule has 0 saturated heterocycles. The van der Waals surface area contributed by atoms with Crippen molar-refractivity contribution in [1.82, 2.24) is 0 Å². The van der Waals surface area contributed by atoms with Crippen LogP contribution in [0, 0.1) is 6.92 Å². The summed E-state index contributed by atoms with van der Waals surface area (Å²) in [7, 11) is 0. The first-order valence-electron chi connectivity index (χ1n) is 8.07. The number of hydrogen-bond acceptors (Lipinski definition) is 4. The monoisotopic (exact) mass is 324 g/mol. The number of nitrogens with one attached hydrogen (secondary N) is 2. The Kier molecular flexibility index (Phi) is 3.49. The standard InChI is InChI=1S/C19H20N2OS/c1-11-7-8-18(23-11)13-9-16-19(17(22)10-13)12(2)20-14-5-3-4-6-15(14)21-16/h3-8,12-13,20-21H,9-10H2,1-2H3. The molecule has 118 valence electrons. The van der Waals surface area contributed by atoms with E-state index in [9.17, 15) is 4.79 Å². The van der Waals surface area contributed by atoms with Crippen LogP contribution in [0.25, 0.3) is 0 Å². The number of ketones is 1. The molecule has 0 amide bonds. The van der Waals surface area contributed by atoms with Crippen LogP contribution in [0.2, 0.25) is 0 Å². The van der Waals surface area contributed by atoms with E-state index in [2.05, 4.69) is 48.7 Å². The maximum Gasteiger partial charge on any atom is 0.163 e. The second kappa shape index (κ2) is 5.53. The number of hydrogen-bond donors (Lipinski definition) is 2. The molecule has 0 fully saturated rings. The number of Topliss-reactive ketones (excluding diaryl/α,β-unsaturated/α-hetero) is 1. The van der Waals surface area contributed by atoms with Crippen LogP contribution in [0.15, 0.2) is 47.7 Å². The molecule has 0 bridgehead atoms. The second-order valence-corrected chi connectivity index (χ2v) is 7.73. The van der Waals surface area contributed by atoms with Crippen molar-refractivity contribution in [3.8, 4) is 0 Å². The first-order valence-corrected chi connectivity index (χ1v) is 8.88. The third-order valence-corrected chi connectivity index (χ3v) is 5.85. The maximum atomic E-state index is 12.8. The number of anilines is 2. The highest BCUT2D eigenvalue weighted by atomic mass is 32.1. The van der Waals surface area contributed by atoms with Gasteiger partial charge in [0.05, 0.1) is 17.4 Å². The van der Waals surface area contributed by atoms with Gasteiger partial charge < -0.3 is 10.6 Å². The van der Waals surface area contributed by atoms with Crippen LogP contribution in [0.4, 0.5) is 11.4 Å². The van der Waals surface area contributed by atoms with Crippen molar-refractivity contribution >= 4 is 28.5 Å². The highest BCUT2D eigenvalue weighted by Crippen LogP contribution is 2.41. The van der Waals surface area contributed by atoms with E-state index in [1.54, 1.807) is 0 Å². The van der Waals surface area contributed by atoms with E-state index in [1.165, 1.54) is 9.75 Å². The molecular formula is C19H20N2OS. The molecule has 2 atom stereocenters.